The number of thiocarbonyl (C=S) groups is 1. The van der Waals surface area contributed by atoms with Crippen LogP contribution in [0.2, 0.25) is 0 Å². The van der Waals surface area contributed by atoms with E-state index in [1.807, 2.05) is 18.3 Å². The molecule has 0 amide bonds. The molecule has 28 heavy (non-hydrogen) atoms. The molecule has 3 heterocycles. The number of nitrogens with zero attached hydrogens (tertiary/aromatic N) is 3. The van der Waals surface area contributed by atoms with Crippen molar-refractivity contribution in [2.24, 2.45) is 5.92 Å². The molecule has 1 aliphatic heterocycles. The van der Waals surface area contributed by atoms with Crippen LogP contribution in [0.15, 0.2) is 67.0 Å². The van der Waals surface area contributed by atoms with E-state index in [2.05, 4.69) is 89.2 Å². The molecular formula is C23H26N4S. The van der Waals surface area contributed by atoms with Crippen LogP contribution in [0.3, 0.4) is 0 Å². The molecule has 144 valence electrons. The minimum absolute atomic E-state index is 0.0200. The molecule has 0 spiro atoms. The number of nitrogens with one attached hydrogen (secondary N) is 1. The van der Waals surface area contributed by atoms with Gasteiger partial charge in [0.1, 0.15) is 0 Å². The van der Waals surface area contributed by atoms with Gasteiger partial charge in [0.05, 0.1) is 17.8 Å². The van der Waals surface area contributed by atoms with Crippen molar-refractivity contribution in [1.29, 1.82) is 0 Å². The Bertz CT molecular complexity index is 946. The maximum atomic E-state index is 5.74. The summed E-state index contributed by atoms with van der Waals surface area (Å²) < 4.78 is 2.27. The SMILES string of the molecule is Cc1ccc(-n2cccc2[C@@H]2[C@H](c3ccccn3)NC(=S)N2CC(C)C)cc1. The second-order valence-electron chi connectivity index (χ2n) is 7.81. The highest BCUT2D eigenvalue weighted by molar-refractivity contribution is 7.80. The second-order valence-corrected chi connectivity index (χ2v) is 8.20. The van der Waals surface area contributed by atoms with E-state index in [4.69, 9.17) is 12.2 Å². The van der Waals surface area contributed by atoms with E-state index < -0.39 is 0 Å². The Morgan fingerprint density at radius 3 is 2.54 bits per heavy atom. The van der Waals surface area contributed by atoms with Crippen molar-refractivity contribution in [3.05, 3.63) is 83.9 Å². The zero-order chi connectivity index (χ0) is 19.7. The largest absolute Gasteiger partial charge is 0.352 e. The van der Waals surface area contributed by atoms with Crippen LogP contribution in [0.5, 0.6) is 0 Å². The standard InChI is InChI=1S/C23H26N4S/c1-16(2)15-27-22(21(25-23(27)28)19-7-4-5-13-24-19)20-8-6-14-26(20)18-11-9-17(3)10-12-18/h4-14,16,21-22H,15H2,1-3H3,(H,25,28)/t21-,22+/m0/s1. The Balaban J connectivity index is 1.80. The van der Waals surface area contributed by atoms with Crippen molar-refractivity contribution in [3.63, 3.8) is 0 Å². The molecule has 0 saturated carbocycles. The van der Waals surface area contributed by atoms with Crippen LogP contribution in [0, 0.1) is 12.8 Å². The lowest BCUT2D eigenvalue weighted by Gasteiger charge is -2.30. The number of hydrogen-bond donors (Lipinski definition) is 1. The summed E-state index contributed by atoms with van der Waals surface area (Å²) in [5, 5.41) is 4.33. The number of benzene rings is 1. The van der Waals surface area contributed by atoms with Crippen molar-refractivity contribution in [2.45, 2.75) is 32.9 Å². The summed E-state index contributed by atoms with van der Waals surface area (Å²) in [5.74, 6) is 0.507. The van der Waals surface area contributed by atoms with Crippen molar-refractivity contribution in [1.82, 2.24) is 19.8 Å². The molecule has 5 heteroatoms. The van der Waals surface area contributed by atoms with Crippen LogP contribution in [-0.2, 0) is 0 Å². The molecule has 0 unspecified atom stereocenters. The Kier molecular flexibility index (Phi) is 5.18. The molecule has 0 radical (unpaired) electrons. The Labute approximate surface area is 172 Å². The van der Waals surface area contributed by atoms with Crippen molar-refractivity contribution in [2.75, 3.05) is 6.54 Å². The van der Waals surface area contributed by atoms with Crippen LogP contribution < -0.4 is 5.32 Å². The number of hydrogen-bond acceptors (Lipinski definition) is 2. The van der Waals surface area contributed by atoms with Gasteiger partial charge in [0.15, 0.2) is 5.11 Å². The molecule has 1 N–H and O–H groups in total. The summed E-state index contributed by atoms with van der Waals surface area (Å²) in [4.78, 5) is 6.94. The normalized spacial score (nSPS) is 19.3. The van der Waals surface area contributed by atoms with Gasteiger partial charge in [-0.25, -0.2) is 0 Å². The summed E-state index contributed by atoms with van der Waals surface area (Å²) in [6.07, 6.45) is 3.98. The van der Waals surface area contributed by atoms with Crippen molar-refractivity contribution >= 4 is 17.3 Å². The molecule has 3 aromatic rings. The zero-order valence-corrected chi connectivity index (χ0v) is 17.4. The first kappa shape index (κ1) is 18.7. The fourth-order valence-corrected chi connectivity index (χ4v) is 4.21. The lowest BCUT2D eigenvalue weighted by molar-refractivity contribution is 0.280. The lowest BCUT2D eigenvalue weighted by Crippen LogP contribution is -2.33. The first-order valence-electron chi connectivity index (χ1n) is 9.77. The van der Waals surface area contributed by atoms with E-state index in [1.165, 1.54) is 11.3 Å². The monoisotopic (exact) mass is 390 g/mol. The van der Waals surface area contributed by atoms with Crippen molar-refractivity contribution in [3.8, 4) is 5.69 Å². The maximum absolute atomic E-state index is 5.74. The highest BCUT2D eigenvalue weighted by atomic mass is 32.1. The Morgan fingerprint density at radius 1 is 1.07 bits per heavy atom. The second kappa shape index (κ2) is 7.76. The molecule has 1 aliphatic rings. The predicted octanol–water partition coefficient (Wildman–Crippen LogP) is 4.81. The van der Waals surface area contributed by atoms with Crippen molar-refractivity contribution < 1.29 is 0 Å². The number of aryl methyl sites for hydroxylation is 1. The van der Waals surface area contributed by atoms with E-state index in [1.54, 1.807) is 0 Å². The van der Waals surface area contributed by atoms with Gasteiger partial charge >= 0.3 is 0 Å². The molecule has 1 aromatic carbocycles. The fraction of sp³-hybridized carbons (Fsp3) is 0.304. The minimum Gasteiger partial charge on any atom is -0.352 e. The van der Waals surface area contributed by atoms with Gasteiger partial charge in [0, 0.05) is 30.3 Å². The molecule has 4 nitrogen and oxygen atoms in total. The third-order valence-corrected chi connectivity index (χ3v) is 5.51. The Morgan fingerprint density at radius 2 is 1.86 bits per heavy atom. The number of rotatable bonds is 5. The van der Waals surface area contributed by atoms with Crippen LogP contribution in [0.4, 0.5) is 0 Å². The van der Waals surface area contributed by atoms with E-state index in [0.29, 0.717) is 5.92 Å². The molecule has 1 fully saturated rings. The minimum atomic E-state index is 0.0200. The molecular weight excluding hydrogens is 364 g/mol. The van der Waals surface area contributed by atoms with Gasteiger partial charge in [0.25, 0.3) is 0 Å². The third kappa shape index (κ3) is 3.54. The molecule has 2 atom stereocenters. The van der Waals surface area contributed by atoms with E-state index in [0.717, 1.165) is 23.0 Å². The summed E-state index contributed by atoms with van der Waals surface area (Å²) in [7, 11) is 0. The smallest absolute Gasteiger partial charge is 0.170 e. The van der Waals surface area contributed by atoms with Gasteiger partial charge in [-0.15, -0.1) is 0 Å². The predicted molar refractivity (Wildman–Crippen MR) is 118 cm³/mol. The highest BCUT2D eigenvalue weighted by Crippen LogP contribution is 2.39. The van der Waals surface area contributed by atoms with Crippen LogP contribution >= 0.6 is 12.2 Å². The average molecular weight is 391 g/mol. The summed E-state index contributed by atoms with van der Waals surface area (Å²) >= 11 is 5.74. The summed E-state index contributed by atoms with van der Waals surface area (Å²) in [5.41, 5.74) is 4.65. The first-order valence-corrected chi connectivity index (χ1v) is 10.2. The molecule has 0 aliphatic carbocycles. The lowest BCUT2D eigenvalue weighted by atomic mass is 10.0. The van der Waals surface area contributed by atoms with Gasteiger partial charge in [-0.05, 0) is 61.5 Å². The van der Waals surface area contributed by atoms with E-state index in [-0.39, 0.29) is 12.1 Å². The van der Waals surface area contributed by atoms with Crippen LogP contribution in [0.25, 0.3) is 5.69 Å². The van der Waals surface area contributed by atoms with Gasteiger partial charge in [-0.2, -0.15) is 0 Å². The van der Waals surface area contributed by atoms with E-state index in [9.17, 15) is 0 Å². The molecule has 1 saturated heterocycles. The zero-order valence-electron chi connectivity index (χ0n) is 16.5. The highest BCUT2D eigenvalue weighted by Gasteiger charge is 2.41. The van der Waals surface area contributed by atoms with Gasteiger partial charge in [-0.3, -0.25) is 4.98 Å². The van der Waals surface area contributed by atoms with Gasteiger partial charge in [0.2, 0.25) is 0 Å². The quantitative estimate of drug-likeness (QED) is 0.634. The van der Waals surface area contributed by atoms with E-state index >= 15 is 0 Å². The maximum Gasteiger partial charge on any atom is 0.170 e. The Hall–Kier alpha value is -2.66. The summed E-state index contributed by atoms with van der Waals surface area (Å²) in [6, 6.07) is 19.1. The topological polar surface area (TPSA) is 33.1 Å². The fourth-order valence-electron chi connectivity index (χ4n) is 3.89. The third-order valence-electron chi connectivity index (χ3n) is 5.16. The number of pyridine rings is 1. The summed E-state index contributed by atoms with van der Waals surface area (Å²) in [6.45, 7) is 7.47. The number of aromatic nitrogens is 2. The van der Waals surface area contributed by atoms with Gasteiger partial charge < -0.3 is 14.8 Å². The molecule has 4 rings (SSSR count). The van der Waals surface area contributed by atoms with Crippen LogP contribution in [-0.4, -0.2) is 26.1 Å². The first-order chi connectivity index (χ1) is 13.5. The van der Waals surface area contributed by atoms with Gasteiger partial charge in [-0.1, -0.05) is 37.6 Å². The molecule has 0 bridgehead atoms. The molecule has 2 aromatic heterocycles. The van der Waals surface area contributed by atoms with Crippen LogP contribution in [0.1, 0.15) is 42.9 Å². The average Bonchev–Trinajstić information content (AvgIpc) is 3.28.